The first-order chi connectivity index (χ1) is 12.9. The fraction of sp³-hybridized carbons (Fsp3) is 0.100. The molecule has 3 rings (SSSR count). The molecule has 0 aliphatic heterocycles. The lowest BCUT2D eigenvalue weighted by Crippen LogP contribution is -2.14. The van der Waals surface area contributed by atoms with Crippen LogP contribution in [0.1, 0.15) is 25.6 Å². The highest BCUT2D eigenvalue weighted by Gasteiger charge is 2.25. The smallest absolute Gasteiger partial charge is 0.341 e. The van der Waals surface area contributed by atoms with E-state index in [1.165, 1.54) is 24.5 Å². The third-order valence-corrected chi connectivity index (χ3v) is 4.97. The Kier molecular flexibility index (Phi) is 5.32. The average molecular weight is 387 g/mol. The van der Waals surface area contributed by atoms with Gasteiger partial charge in [-0.05, 0) is 30.7 Å². The molecule has 1 amide bonds. The molecule has 2 aromatic carbocycles. The number of thiophene rings is 1. The zero-order valence-corrected chi connectivity index (χ0v) is 15.3. The maximum Gasteiger partial charge on any atom is 0.341 e. The van der Waals surface area contributed by atoms with Crippen molar-refractivity contribution in [3.63, 3.8) is 0 Å². The molecule has 4 nitrogen and oxygen atoms in total. The number of carbonyl (C=O) groups is 2. The average Bonchev–Trinajstić information content (AvgIpc) is 2.99. The summed E-state index contributed by atoms with van der Waals surface area (Å²) >= 11 is 1.21. The Labute approximate surface area is 158 Å². The van der Waals surface area contributed by atoms with Gasteiger partial charge in [-0.2, -0.15) is 0 Å². The first kappa shape index (κ1) is 18.7. The lowest BCUT2D eigenvalue weighted by molar-refractivity contribution is 0.0603. The van der Waals surface area contributed by atoms with Crippen LogP contribution in [0, 0.1) is 18.6 Å². The van der Waals surface area contributed by atoms with Crippen molar-refractivity contribution in [3.05, 3.63) is 76.2 Å². The number of halogens is 2. The Balaban J connectivity index is 2.04. The zero-order valence-electron chi connectivity index (χ0n) is 14.5. The van der Waals surface area contributed by atoms with E-state index >= 15 is 0 Å². The SMILES string of the molecule is COC(=O)c1c(NC(=O)c2ccc(F)c(F)c2)sc(C)c1-c1ccccc1. The van der Waals surface area contributed by atoms with Crippen molar-refractivity contribution in [2.24, 2.45) is 0 Å². The summed E-state index contributed by atoms with van der Waals surface area (Å²) in [6.07, 6.45) is 0. The third kappa shape index (κ3) is 3.73. The van der Waals surface area contributed by atoms with E-state index in [4.69, 9.17) is 4.74 Å². The maximum absolute atomic E-state index is 13.4. The lowest BCUT2D eigenvalue weighted by atomic mass is 10.0. The van der Waals surface area contributed by atoms with Crippen LogP contribution in [0.5, 0.6) is 0 Å². The molecule has 0 fully saturated rings. The quantitative estimate of drug-likeness (QED) is 0.638. The van der Waals surface area contributed by atoms with Crippen molar-refractivity contribution < 1.29 is 23.1 Å². The zero-order chi connectivity index (χ0) is 19.6. The number of hydrogen-bond donors (Lipinski definition) is 1. The molecule has 3 aromatic rings. The summed E-state index contributed by atoms with van der Waals surface area (Å²) in [6, 6.07) is 12.1. The molecule has 1 N–H and O–H groups in total. The molecule has 0 aliphatic rings. The van der Waals surface area contributed by atoms with Crippen LogP contribution in [-0.4, -0.2) is 19.0 Å². The van der Waals surface area contributed by atoms with Crippen molar-refractivity contribution in [2.45, 2.75) is 6.92 Å². The Morgan fingerprint density at radius 2 is 1.74 bits per heavy atom. The number of amides is 1. The van der Waals surface area contributed by atoms with E-state index in [-0.39, 0.29) is 16.1 Å². The fourth-order valence-corrected chi connectivity index (χ4v) is 3.75. The highest BCUT2D eigenvalue weighted by atomic mass is 32.1. The van der Waals surface area contributed by atoms with E-state index in [2.05, 4.69) is 5.32 Å². The minimum Gasteiger partial charge on any atom is -0.465 e. The molecular formula is C20H15F2NO3S. The Hall–Kier alpha value is -3.06. The molecule has 7 heteroatoms. The van der Waals surface area contributed by atoms with Gasteiger partial charge in [-0.3, -0.25) is 4.79 Å². The molecule has 0 saturated heterocycles. The highest BCUT2D eigenvalue weighted by molar-refractivity contribution is 7.17. The van der Waals surface area contributed by atoms with Crippen LogP contribution in [-0.2, 0) is 4.74 Å². The van der Waals surface area contributed by atoms with Crippen molar-refractivity contribution in [3.8, 4) is 11.1 Å². The third-order valence-electron chi connectivity index (χ3n) is 3.95. The molecule has 138 valence electrons. The van der Waals surface area contributed by atoms with Crippen LogP contribution >= 0.6 is 11.3 Å². The minimum absolute atomic E-state index is 0.0583. The van der Waals surface area contributed by atoms with Gasteiger partial charge in [0.25, 0.3) is 5.91 Å². The van der Waals surface area contributed by atoms with E-state index < -0.39 is 23.5 Å². The number of rotatable bonds is 4. The number of anilines is 1. The van der Waals surface area contributed by atoms with Gasteiger partial charge in [-0.1, -0.05) is 30.3 Å². The number of benzene rings is 2. The topological polar surface area (TPSA) is 55.4 Å². The van der Waals surface area contributed by atoms with E-state index in [0.717, 1.165) is 22.6 Å². The molecule has 0 saturated carbocycles. The molecule has 0 radical (unpaired) electrons. The summed E-state index contributed by atoms with van der Waals surface area (Å²) < 4.78 is 31.4. The summed E-state index contributed by atoms with van der Waals surface area (Å²) in [6.45, 7) is 1.83. The van der Waals surface area contributed by atoms with Crippen LogP contribution < -0.4 is 5.32 Å². The lowest BCUT2D eigenvalue weighted by Gasteiger charge is -2.08. The molecule has 0 spiro atoms. The molecule has 0 bridgehead atoms. The van der Waals surface area contributed by atoms with E-state index in [1.54, 1.807) is 0 Å². The second-order valence-electron chi connectivity index (χ2n) is 5.68. The molecule has 0 unspecified atom stereocenters. The summed E-state index contributed by atoms with van der Waals surface area (Å²) in [5.74, 6) is -3.41. The normalized spacial score (nSPS) is 10.5. The van der Waals surface area contributed by atoms with Crippen LogP contribution in [0.25, 0.3) is 11.1 Å². The van der Waals surface area contributed by atoms with Crippen LogP contribution in [0.15, 0.2) is 48.5 Å². The van der Waals surface area contributed by atoms with Gasteiger partial charge in [-0.15, -0.1) is 11.3 Å². The van der Waals surface area contributed by atoms with Gasteiger partial charge in [-0.25, -0.2) is 13.6 Å². The molecular weight excluding hydrogens is 372 g/mol. The highest BCUT2D eigenvalue weighted by Crippen LogP contribution is 2.40. The van der Waals surface area contributed by atoms with Gasteiger partial charge < -0.3 is 10.1 Å². The van der Waals surface area contributed by atoms with Crippen LogP contribution in [0.3, 0.4) is 0 Å². The van der Waals surface area contributed by atoms with Gasteiger partial charge in [0.1, 0.15) is 10.6 Å². The number of esters is 1. The number of carbonyl (C=O) groups excluding carboxylic acids is 2. The second-order valence-corrected chi connectivity index (χ2v) is 6.90. The van der Waals surface area contributed by atoms with Gasteiger partial charge in [0, 0.05) is 16.0 Å². The standard InChI is InChI=1S/C20H15F2NO3S/c1-11-16(12-6-4-3-5-7-12)17(20(25)26-2)19(27-11)23-18(24)13-8-9-14(21)15(22)10-13/h3-10H,1-2H3,(H,23,24). The number of nitrogens with one attached hydrogen (secondary N) is 1. The first-order valence-electron chi connectivity index (χ1n) is 7.96. The largest absolute Gasteiger partial charge is 0.465 e. The van der Waals surface area contributed by atoms with E-state index in [9.17, 15) is 18.4 Å². The molecule has 0 aliphatic carbocycles. The van der Waals surface area contributed by atoms with Crippen molar-refractivity contribution in [2.75, 3.05) is 12.4 Å². The maximum atomic E-state index is 13.4. The fourth-order valence-electron chi connectivity index (χ4n) is 2.69. The second kappa shape index (κ2) is 7.67. The number of ether oxygens (including phenoxy) is 1. The van der Waals surface area contributed by atoms with Crippen molar-refractivity contribution in [1.82, 2.24) is 0 Å². The van der Waals surface area contributed by atoms with Gasteiger partial charge in [0.2, 0.25) is 0 Å². The monoisotopic (exact) mass is 387 g/mol. The Morgan fingerprint density at radius 1 is 1.04 bits per heavy atom. The molecule has 1 aromatic heterocycles. The Morgan fingerprint density at radius 3 is 2.37 bits per heavy atom. The van der Waals surface area contributed by atoms with Crippen molar-refractivity contribution >= 4 is 28.2 Å². The van der Waals surface area contributed by atoms with E-state index in [1.807, 2.05) is 37.3 Å². The van der Waals surface area contributed by atoms with Gasteiger partial charge in [0.15, 0.2) is 11.6 Å². The van der Waals surface area contributed by atoms with Gasteiger partial charge in [0.05, 0.1) is 7.11 Å². The minimum atomic E-state index is -1.12. The number of aryl methyl sites for hydroxylation is 1. The van der Waals surface area contributed by atoms with Crippen LogP contribution in [0.4, 0.5) is 13.8 Å². The summed E-state index contributed by atoms with van der Waals surface area (Å²) in [4.78, 5) is 25.6. The predicted octanol–water partition coefficient (Wildman–Crippen LogP) is 5.04. The van der Waals surface area contributed by atoms with E-state index in [0.29, 0.717) is 5.56 Å². The number of hydrogen-bond acceptors (Lipinski definition) is 4. The molecule has 1 heterocycles. The molecule has 27 heavy (non-hydrogen) atoms. The predicted molar refractivity (Wildman–Crippen MR) is 100 cm³/mol. The van der Waals surface area contributed by atoms with Gasteiger partial charge >= 0.3 is 5.97 Å². The van der Waals surface area contributed by atoms with Crippen molar-refractivity contribution in [1.29, 1.82) is 0 Å². The molecule has 0 atom stereocenters. The number of methoxy groups -OCH3 is 1. The Bertz CT molecular complexity index is 1020. The first-order valence-corrected chi connectivity index (χ1v) is 8.77. The summed E-state index contributed by atoms with van der Waals surface area (Å²) in [5, 5.41) is 2.89. The summed E-state index contributed by atoms with van der Waals surface area (Å²) in [5.41, 5.74) is 1.63. The summed E-state index contributed by atoms with van der Waals surface area (Å²) in [7, 11) is 1.26. The van der Waals surface area contributed by atoms with Crippen LogP contribution in [0.2, 0.25) is 0 Å².